The molecule has 0 aliphatic heterocycles. The van der Waals surface area contributed by atoms with Crippen molar-refractivity contribution in [3.05, 3.63) is 0 Å². The van der Waals surface area contributed by atoms with E-state index < -0.39 is 0 Å². The number of rotatable bonds is 14. The van der Waals surface area contributed by atoms with Gasteiger partial charge >= 0.3 is 0 Å². The highest BCUT2D eigenvalue weighted by molar-refractivity contribution is 4.68. The molecule has 0 unspecified atom stereocenters. The van der Waals surface area contributed by atoms with Crippen LogP contribution in [0.25, 0.3) is 0 Å². The molecular weight excluding hydrogens is 272 g/mol. The maximum Gasteiger partial charge on any atom is 0.0466 e. The first kappa shape index (κ1) is 21.9. The molecule has 22 heavy (non-hydrogen) atoms. The quantitative estimate of drug-likeness (QED) is 0.400. The van der Waals surface area contributed by atoms with Gasteiger partial charge in [0.05, 0.1) is 0 Å². The number of hydrogen-bond donors (Lipinski definition) is 1. The summed E-state index contributed by atoms with van der Waals surface area (Å²) in [4.78, 5) is 0. The topological polar surface area (TPSA) is 29.5 Å². The zero-order valence-corrected chi connectivity index (χ0v) is 16.0. The lowest BCUT2D eigenvalue weighted by atomic mass is 9.82. The van der Waals surface area contributed by atoms with Gasteiger partial charge in [-0.1, -0.05) is 60.3 Å². The number of aliphatic hydroxyl groups excluding tert-OH is 1. The van der Waals surface area contributed by atoms with Gasteiger partial charge in [0.25, 0.3) is 0 Å². The molecule has 2 heteroatoms. The molecule has 0 rings (SSSR count). The second-order valence-corrected chi connectivity index (χ2v) is 8.79. The zero-order valence-electron chi connectivity index (χ0n) is 16.0. The fourth-order valence-electron chi connectivity index (χ4n) is 2.79. The van der Waals surface area contributed by atoms with E-state index in [4.69, 9.17) is 9.84 Å². The average molecular weight is 315 g/mol. The summed E-state index contributed by atoms with van der Waals surface area (Å²) in [6, 6.07) is 0. The van der Waals surface area contributed by atoms with Crippen molar-refractivity contribution in [2.75, 3.05) is 19.8 Å². The Hall–Kier alpha value is -0.0800. The molecule has 2 nitrogen and oxygen atoms in total. The maximum absolute atomic E-state index is 8.80. The minimum absolute atomic E-state index is 0.341. The Bertz CT molecular complexity index is 241. The number of ether oxygens (including phenoxy) is 1. The monoisotopic (exact) mass is 314 g/mol. The van der Waals surface area contributed by atoms with Crippen LogP contribution in [0, 0.1) is 10.8 Å². The van der Waals surface area contributed by atoms with Crippen molar-refractivity contribution in [1.82, 2.24) is 0 Å². The van der Waals surface area contributed by atoms with Crippen molar-refractivity contribution in [3.63, 3.8) is 0 Å². The number of hydrogen-bond acceptors (Lipinski definition) is 2. The maximum atomic E-state index is 8.80. The number of unbranched alkanes of at least 4 members (excludes halogenated alkanes) is 4. The first-order valence-corrected chi connectivity index (χ1v) is 9.45. The summed E-state index contributed by atoms with van der Waals surface area (Å²) in [6.07, 6.45) is 12.2. The minimum atomic E-state index is 0.341. The molecule has 0 spiro atoms. The fraction of sp³-hybridized carbons (Fsp3) is 1.00. The Kier molecular flexibility index (Phi) is 12.3. The van der Waals surface area contributed by atoms with E-state index in [1.165, 1.54) is 51.4 Å². The molecule has 0 heterocycles. The van der Waals surface area contributed by atoms with Crippen molar-refractivity contribution in [3.8, 4) is 0 Å². The molecular formula is C20H42O2. The number of aliphatic hydroxyl groups is 1. The largest absolute Gasteiger partial charge is 0.396 e. The fourth-order valence-corrected chi connectivity index (χ4v) is 2.79. The summed E-state index contributed by atoms with van der Waals surface area (Å²) in [5, 5.41) is 8.80. The average Bonchev–Trinajstić information content (AvgIpc) is 2.40. The van der Waals surface area contributed by atoms with Crippen molar-refractivity contribution >= 4 is 0 Å². The van der Waals surface area contributed by atoms with Crippen molar-refractivity contribution < 1.29 is 9.84 Å². The van der Waals surface area contributed by atoms with Crippen molar-refractivity contribution in [2.24, 2.45) is 10.8 Å². The summed E-state index contributed by atoms with van der Waals surface area (Å²) in [6.45, 7) is 13.9. The second kappa shape index (κ2) is 12.4. The van der Waals surface area contributed by atoms with E-state index in [1.807, 2.05) is 0 Å². The molecule has 0 bridgehead atoms. The summed E-state index contributed by atoms with van der Waals surface area (Å²) >= 11 is 0. The summed E-state index contributed by atoms with van der Waals surface area (Å²) in [5.41, 5.74) is 0.908. The standard InChI is InChI=1S/C20H42O2/c1-19(2,3)13-8-11-17-22-18-12-9-15-20(4,5)14-7-6-10-16-21/h21H,6-18H2,1-5H3. The second-order valence-electron chi connectivity index (χ2n) is 8.79. The molecule has 1 N–H and O–H groups in total. The van der Waals surface area contributed by atoms with Crippen LogP contribution < -0.4 is 0 Å². The van der Waals surface area contributed by atoms with E-state index in [2.05, 4.69) is 34.6 Å². The van der Waals surface area contributed by atoms with E-state index in [1.54, 1.807) is 0 Å². The highest BCUT2D eigenvalue weighted by Crippen LogP contribution is 2.29. The van der Waals surface area contributed by atoms with Gasteiger partial charge in [0.15, 0.2) is 0 Å². The van der Waals surface area contributed by atoms with Crippen LogP contribution in [0.15, 0.2) is 0 Å². The van der Waals surface area contributed by atoms with Crippen LogP contribution in [0.2, 0.25) is 0 Å². The van der Waals surface area contributed by atoms with Crippen LogP contribution in [0.1, 0.15) is 98.8 Å². The van der Waals surface area contributed by atoms with Crippen molar-refractivity contribution in [2.45, 2.75) is 98.8 Å². The summed E-state index contributed by atoms with van der Waals surface area (Å²) in [5.74, 6) is 0. The Balaban J connectivity index is 3.37. The van der Waals surface area contributed by atoms with Crippen LogP contribution in [-0.2, 0) is 4.74 Å². The first-order valence-electron chi connectivity index (χ1n) is 9.45. The van der Waals surface area contributed by atoms with Gasteiger partial charge in [-0.2, -0.15) is 0 Å². The molecule has 0 atom stereocenters. The van der Waals surface area contributed by atoms with Crippen LogP contribution >= 0.6 is 0 Å². The van der Waals surface area contributed by atoms with E-state index in [9.17, 15) is 0 Å². The Morgan fingerprint density at radius 3 is 1.64 bits per heavy atom. The zero-order chi connectivity index (χ0) is 16.9. The Labute approximate surface area is 140 Å². The van der Waals surface area contributed by atoms with E-state index in [-0.39, 0.29) is 0 Å². The molecule has 0 aromatic carbocycles. The van der Waals surface area contributed by atoms with E-state index >= 15 is 0 Å². The minimum Gasteiger partial charge on any atom is -0.396 e. The molecule has 134 valence electrons. The lowest BCUT2D eigenvalue weighted by Gasteiger charge is -2.24. The van der Waals surface area contributed by atoms with Gasteiger partial charge in [-0.05, 0) is 49.4 Å². The predicted octanol–water partition coefficient (Wildman–Crippen LogP) is 5.97. The molecule has 0 aromatic heterocycles. The van der Waals surface area contributed by atoms with Crippen molar-refractivity contribution in [1.29, 1.82) is 0 Å². The van der Waals surface area contributed by atoms with Gasteiger partial charge in [0.2, 0.25) is 0 Å². The van der Waals surface area contributed by atoms with E-state index in [0.717, 1.165) is 26.1 Å². The van der Waals surface area contributed by atoms with Gasteiger partial charge in [0.1, 0.15) is 0 Å². The Morgan fingerprint density at radius 2 is 1.14 bits per heavy atom. The van der Waals surface area contributed by atoms with E-state index in [0.29, 0.717) is 17.4 Å². The lowest BCUT2D eigenvalue weighted by Crippen LogP contribution is -2.11. The third-order valence-electron chi connectivity index (χ3n) is 4.37. The molecule has 0 aliphatic carbocycles. The molecule has 0 aliphatic rings. The summed E-state index contributed by atoms with van der Waals surface area (Å²) < 4.78 is 5.75. The third-order valence-corrected chi connectivity index (χ3v) is 4.37. The van der Waals surface area contributed by atoms with Crippen LogP contribution in [0.4, 0.5) is 0 Å². The molecule has 0 fully saturated rings. The molecule has 0 saturated heterocycles. The smallest absolute Gasteiger partial charge is 0.0466 e. The predicted molar refractivity (Wildman–Crippen MR) is 97.3 cm³/mol. The third kappa shape index (κ3) is 16.3. The molecule has 0 amide bonds. The highest BCUT2D eigenvalue weighted by atomic mass is 16.5. The van der Waals surface area contributed by atoms with Gasteiger partial charge in [-0.15, -0.1) is 0 Å². The normalized spacial score (nSPS) is 12.8. The highest BCUT2D eigenvalue weighted by Gasteiger charge is 2.16. The van der Waals surface area contributed by atoms with Gasteiger partial charge in [-0.25, -0.2) is 0 Å². The summed E-state index contributed by atoms with van der Waals surface area (Å²) in [7, 11) is 0. The molecule has 0 aromatic rings. The van der Waals surface area contributed by atoms with Crippen LogP contribution in [-0.4, -0.2) is 24.9 Å². The van der Waals surface area contributed by atoms with Gasteiger partial charge < -0.3 is 9.84 Å². The lowest BCUT2D eigenvalue weighted by molar-refractivity contribution is 0.120. The molecule has 0 saturated carbocycles. The van der Waals surface area contributed by atoms with Gasteiger partial charge in [-0.3, -0.25) is 0 Å². The van der Waals surface area contributed by atoms with Gasteiger partial charge in [0, 0.05) is 19.8 Å². The SMILES string of the molecule is CC(C)(C)CCCCOCCCCC(C)(C)CCCCCO. The molecule has 0 radical (unpaired) electrons. The van der Waals surface area contributed by atoms with Crippen LogP contribution in [0.3, 0.4) is 0 Å². The Morgan fingerprint density at radius 1 is 0.636 bits per heavy atom. The first-order chi connectivity index (χ1) is 10.3. The van der Waals surface area contributed by atoms with Crippen LogP contribution in [0.5, 0.6) is 0 Å².